The van der Waals surface area contributed by atoms with Gasteiger partial charge in [-0.3, -0.25) is 4.79 Å². The number of allylic oxidation sites excluding steroid dienone is 1. The van der Waals surface area contributed by atoms with Gasteiger partial charge in [0.2, 0.25) is 11.6 Å². The standard InChI is InChI=1S/C25H30N6O3S2/c1-17(32)26-23-22(36-25(28-23)31-10-14-34-15-11-31)21-20(16-18-4-6-19(7-5-18)29(2)3)35-24(27-21)30-8-12-33-13-9-30/h4-7,16H,8-15H2,1-3H3/p+1/b20-16-. The topological polar surface area (TPSA) is 82.3 Å². The monoisotopic (exact) mass is 527 g/mol. The van der Waals surface area contributed by atoms with E-state index in [1.165, 1.54) is 6.92 Å². The number of hydrogen-bond donors (Lipinski definition) is 1. The van der Waals surface area contributed by atoms with Gasteiger partial charge in [-0.2, -0.15) is 0 Å². The highest BCUT2D eigenvalue weighted by atomic mass is 32.2. The first-order valence-electron chi connectivity index (χ1n) is 12.0. The average molecular weight is 528 g/mol. The van der Waals surface area contributed by atoms with Crippen molar-refractivity contribution in [1.29, 1.82) is 0 Å². The molecule has 0 spiro atoms. The molecule has 2 saturated heterocycles. The van der Waals surface area contributed by atoms with E-state index in [4.69, 9.17) is 19.5 Å². The molecule has 4 heterocycles. The lowest BCUT2D eigenvalue weighted by atomic mass is 10.1. The maximum Gasteiger partial charge on any atom is 0.360 e. The van der Waals surface area contributed by atoms with E-state index in [-0.39, 0.29) is 5.91 Å². The van der Waals surface area contributed by atoms with Gasteiger partial charge < -0.3 is 24.6 Å². The van der Waals surface area contributed by atoms with Gasteiger partial charge in [0.15, 0.2) is 10.9 Å². The number of carbonyl (C=O) groups is 1. The van der Waals surface area contributed by atoms with Crippen molar-refractivity contribution >= 4 is 62.6 Å². The predicted molar refractivity (Wildman–Crippen MR) is 148 cm³/mol. The van der Waals surface area contributed by atoms with Crippen LogP contribution in [-0.2, 0) is 14.3 Å². The van der Waals surface area contributed by atoms with Crippen LogP contribution in [0.5, 0.6) is 0 Å². The third kappa shape index (κ3) is 5.64. The Balaban J connectivity index is 1.57. The summed E-state index contributed by atoms with van der Waals surface area (Å²) in [4.78, 5) is 28.2. The Labute approximate surface area is 219 Å². The van der Waals surface area contributed by atoms with Gasteiger partial charge in [0, 0.05) is 51.6 Å². The summed E-state index contributed by atoms with van der Waals surface area (Å²) in [6.07, 6.45) is 2.17. The second-order valence-electron chi connectivity index (χ2n) is 8.89. The number of amidine groups is 1. The van der Waals surface area contributed by atoms with E-state index in [0.29, 0.717) is 32.2 Å². The molecule has 0 bridgehead atoms. The van der Waals surface area contributed by atoms with Gasteiger partial charge >= 0.3 is 5.17 Å². The Morgan fingerprint density at radius 3 is 2.47 bits per heavy atom. The largest absolute Gasteiger partial charge is 0.378 e. The van der Waals surface area contributed by atoms with Crippen LogP contribution in [-0.4, -0.2) is 93.0 Å². The lowest BCUT2D eigenvalue weighted by Crippen LogP contribution is -2.36. The summed E-state index contributed by atoms with van der Waals surface area (Å²) in [5.74, 6) is 0.411. The third-order valence-electron chi connectivity index (χ3n) is 6.04. The zero-order chi connectivity index (χ0) is 25.1. The molecule has 3 aliphatic heterocycles. The van der Waals surface area contributed by atoms with Crippen LogP contribution in [0.4, 0.5) is 16.6 Å². The van der Waals surface area contributed by atoms with Crippen molar-refractivity contribution in [2.45, 2.75) is 6.92 Å². The van der Waals surface area contributed by atoms with E-state index in [1.807, 2.05) is 14.1 Å². The van der Waals surface area contributed by atoms with Gasteiger partial charge in [0.25, 0.3) is 0 Å². The number of aromatic nitrogens is 1. The number of anilines is 3. The SMILES string of the molecule is CC(=O)Nc1nc(N2CCOCC2)sc1C1=NC(=[N+]2CCOCC2)S/C1=C\c1ccc(N(C)C)cc1. The first-order chi connectivity index (χ1) is 17.5. The van der Waals surface area contributed by atoms with Crippen LogP contribution in [0, 0.1) is 0 Å². The molecule has 1 aromatic heterocycles. The van der Waals surface area contributed by atoms with Crippen molar-refractivity contribution < 1.29 is 18.8 Å². The van der Waals surface area contributed by atoms with E-state index in [9.17, 15) is 4.79 Å². The second kappa shape index (κ2) is 11.1. The second-order valence-corrected chi connectivity index (χ2v) is 10.9. The summed E-state index contributed by atoms with van der Waals surface area (Å²) >= 11 is 3.24. The lowest BCUT2D eigenvalue weighted by Gasteiger charge is -2.25. The molecular weight excluding hydrogens is 496 g/mol. The molecule has 0 saturated carbocycles. The van der Waals surface area contributed by atoms with Gasteiger partial charge in [-0.25, -0.2) is 9.56 Å². The van der Waals surface area contributed by atoms with E-state index in [0.717, 1.165) is 63.2 Å². The molecule has 5 rings (SSSR count). The summed E-state index contributed by atoms with van der Waals surface area (Å²) in [7, 11) is 4.07. The van der Waals surface area contributed by atoms with Crippen LogP contribution in [0.3, 0.4) is 0 Å². The summed E-state index contributed by atoms with van der Waals surface area (Å²) in [6, 6.07) is 8.46. The Morgan fingerprint density at radius 1 is 1.11 bits per heavy atom. The number of thioether (sulfide) groups is 1. The molecule has 3 aliphatic rings. The molecule has 0 radical (unpaired) electrons. The molecule has 36 heavy (non-hydrogen) atoms. The minimum atomic E-state index is -0.150. The number of carbonyl (C=O) groups excluding carboxylic acids is 1. The number of nitrogens with one attached hydrogen (secondary N) is 1. The van der Waals surface area contributed by atoms with E-state index in [1.54, 1.807) is 23.1 Å². The molecule has 2 aromatic rings. The van der Waals surface area contributed by atoms with Gasteiger partial charge in [-0.15, -0.1) is 0 Å². The Bertz CT molecular complexity index is 1200. The van der Waals surface area contributed by atoms with Crippen LogP contribution in [0.2, 0.25) is 0 Å². The quantitative estimate of drug-likeness (QED) is 0.599. The van der Waals surface area contributed by atoms with Crippen LogP contribution in [0.25, 0.3) is 6.08 Å². The maximum absolute atomic E-state index is 12.1. The van der Waals surface area contributed by atoms with E-state index >= 15 is 0 Å². The smallest absolute Gasteiger partial charge is 0.360 e. The first kappa shape index (κ1) is 24.9. The number of aliphatic imine (C=N–C) groups is 1. The molecule has 1 N–H and O–H groups in total. The molecule has 9 nitrogen and oxygen atoms in total. The van der Waals surface area contributed by atoms with Gasteiger partial charge in [0.1, 0.15) is 18.0 Å². The summed E-state index contributed by atoms with van der Waals surface area (Å²) in [5.41, 5.74) is 3.09. The summed E-state index contributed by atoms with van der Waals surface area (Å²) in [6.45, 7) is 7.41. The number of ether oxygens (including phenoxy) is 2. The lowest BCUT2D eigenvalue weighted by molar-refractivity contribution is -0.547. The molecule has 190 valence electrons. The highest BCUT2D eigenvalue weighted by molar-refractivity contribution is 8.18. The Kier molecular flexibility index (Phi) is 7.70. The van der Waals surface area contributed by atoms with Crippen molar-refractivity contribution in [1.82, 2.24) is 4.98 Å². The molecule has 1 amide bonds. The number of benzene rings is 1. The summed E-state index contributed by atoms with van der Waals surface area (Å²) < 4.78 is 13.3. The van der Waals surface area contributed by atoms with Gasteiger partial charge in [-0.1, -0.05) is 23.5 Å². The Morgan fingerprint density at radius 2 is 1.81 bits per heavy atom. The van der Waals surface area contributed by atoms with Crippen molar-refractivity contribution in [3.63, 3.8) is 0 Å². The molecule has 2 fully saturated rings. The van der Waals surface area contributed by atoms with E-state index in [2.05, 4.69) is 50.0 Å². The minimum Gasteiger partial charge on any atom is -0.378 e. The molecule has 0 unspecified atom stereocenters. The van der Waals surface area contributed by atoms with Crippen LogP contribution in [0.15, 0.2) is 34.2 Å². The number of hydrogen-bond acceptors (Lipinski definition) is 8. The molecule has 0 aliphatic carbocycles. The highest BCUT2D eigenvalue weighted by Gasteiger charge is 2.36. The number of nitrogens with zero attached hydrogens (tertiary/aromatic N) is 5. The van der Waals surface area contributed by atoms with E-state index < -0.39 is 0 Å². The third-order valence-corrected chi connectivity index (χ3v) is 8.22. The summed E-state index contributed by atoms with van der Waals surface area (Å²) in [5, 5.41) is 4.78. The van der Waals surface area contributed by atoms with Crippen molar-refractivity contribution in [3.05, 3.63) is 39.6 Å². The highest BCUT2D eigenvalue weighted by Crippen LogP contribution is 2.39. The average Bonchev–Trinajstić information content (AvgIpc) is 3.49. The number of amides is 1. The number of thiazole rings is 1. The molecular formula is C25H31N6O3S2+. The molecule has 0 atom stereocenters. The zero-order valence-electron chi connectivity index (χ0n) is 20.8. The first-order valence-corrected chi connectivity index (χ1v) is 13.7. The number of morpholine rings is 2. The fourth-order valence-electron chi connectivity index (χ4n) is 4.10. The van der Waals surface area contributed by atoms with Crippen molar-refractivity contribution in [2.75, 3.05) is 81.8 Å². The maximum atomic E-state index is 12.1. The molecule has 11 heteroatoms. The van der Waals surface area contributed by atoms with Crippen LogP contribution >= 0.6 is 23.1 Å². The van der Waals surface area contributed by atoms with Gasteiger partial charge in [0.05, 0.1) is 31.3 Å². The van der Waals surface area contributed by atoms with Crippen molar-refractivity contribution in [3.8, 4) is 0 Å². The van der Waals surface area contributed by atoms with Crippen LogP contribution < -0.4 is 15.1 Å². The normalized spacial score (nSPS) is 19.6. The molecule has 1 aromatic carbocycles. The van der Waals surface area contributed by atoms with Gasteiger partial charge in [-0.05, 0) is 28.8 Å². The minimum absolute atomic E-state index is 0.150. The van der Waals surface area contributed by atoms with Crippen LogP contribution in [0.1, 0.15) is 17.4 Å². The fourth-order valence-corrected chi connectivity index (χ4v) is 6.33. The Hall–Kier alpha value is -2.73. The number of rotatable bonds is 5. The zero-order valence-corrected chi connectivity index (χ0v) is 22.5. The fraction of sp³-hybridized carbons (Fsp3) is 0.440. The van der Waals surface area contributed by atoms with Crippen molar-refractivity contribution in [2.24, 2.45) is 4.99 Å². The predicted octanol–water partition coefficient (Wildman–Crippen LogP) is 2.98.